The lowest BCUT2D eigenvalue weighted by Crippen LogP contribution is -2.45. The first-order valence-electron chi connectivity index (χ1n) is 8.37. The van der Waals surface area contributed by atoms with Crippen LogP contribution in [0.3, 0.4) is 0 Å². The van der Waals surface area contributed by atoms with Gasteiger partial charge >= 0.3 is 0 Å². The van der Waals surface area contributed by atoms with Gasteiger partial charge in [-0.05, 0) is 50.6 Å². The molecule has 0 radical (unpaired) electrons. The van der Waals surface area contributed by atoms with Gasteiger partial charge in [0.15, 0.2) is 0 Å². The lowest BCUT2D eigenvalue weighted by atomic mass is 10.1. The predicted octanol–water partition coefficient (Wildman–Crippen LogP) is 4.02. The number of anilines is 2. The third-order valence-electron chi connectivity index (χ3n) is 4.26. The van der Waals surface area contributed by atoms with Crippen molar-refractivity contribution in [3.8, 4) is 0 Å². The van der Waals surface area contributed by atoms with E-state index >= 15 is 0 Å². The van der Waals surface area contributed by atoms with E-state index in [-0.39, 0.29) is 18.1 Å². The van der Waals surface area contributed by atoms with E-state index in [0.29, 0.717) is 11.3 Å². The van der Waals surface area contributed by atoms with Gasteiger partial charge in [0.25, 0.3) is 5.91 Å². The van der Waals surface area contributed by atoms with E-state index in [0.717, 1.165) is 28.9 Å². The van der Waals surface area contributed by atoms with Crippen LogP contribution in [0, 0.1) is 6.92 Å². The zero-order valence-electron chi connectivity index (χ0n) is 14.6. The minimum Gasteiger partial charge on any atom is -0.372 e. The van der Waals surface area contributed by atoms with E-state index in [1.807, 2.05) is 37.3 Å². The summed E-state index contributed by atoms with van der Waals surface area (Å²) in [6, 6.07) is 9.42. The summed E-state index contributed by atoms with van der Waals surface area (Å²) in [6.45, 7) is 7.69. The number of rotatable bonds is 3. The first kappa shape index (κ1) is 17.9. The number of pyridine rings is 1. The fourth-order valence-electron chi connectivity index (χ4n) is 3.06. The molecule has 1 amide bonds. The molecule has 5 nitrogen and oxygen atoms in total. The molecule has 2 aromatic rings. The zero-order chi connectivity index (χ0) is 18.0. The third-order valence-corrected chi connectivity index (χ3v) is 5.12. The molecular weight excluding hydrogens is 382 g/mol. The summed E-state index contributed by atoms with van der Waals surface area (Å²) >= 11 is 3.45. The van der Waals surface area contributed by atoms with Crippen molar-refractivity contribution in [2.24, 2.45) is 0 Å². The number of hydrogen-bond donors (Lipinski definition) is 1. The monoisotopic (exact) mass is 403 g/mol. The number of halogens is 1. The molecule has 1 aliphatic rings. The van der Waals surface area contributed by atoms with Crippen molar-refractivity contribution in [1.29, 1.82) is 0 Å². The predicted molar refractivity (Wildman–Crippen MR) is 103 cm³/mol. The molecule has 0 aliphatic carbocycles. The highest BCUT2D eigenvalue weighted by atomic mass is 79.9. The van der Waals surface area contributed by atoms with E-state index in [9.17, 15) is 4.79 Å². The molecule has 2 heterocycles. The summed E-state index contributed by atoms with van der Waals surface area (Å²) in [5, 5.41) is 2.91. The van der Waals surface area contributed by atoms with Crippen LogP contribution in [0.15, 0.2) is 41.0 Å². The topological polar surface area (TPSA) is 54.5 Å². The molecular formula is C19H22BrN3O2. The highest BCUT2D eigenvalue weighted by molar-refractivity contribution is 9.10. The molecule has 0 saturated carbocycles. The van der Waals surface area contributed by atoms with Crippen LogP contribution in [-0.4, -0.2) is 36.2 Å². The number of carbonyl (C=O) groups is 1. The number of morpholine rings is 1. The summed E-state index contributed by atoms with van der Waals surface area (Å²) < 4.78 is 6.67. The van der Waals surface area contributed by atoms with Crippen LogP contribution in [-0.2, 0) is 4.74 Å². The van der Waals surface area contributed by atoms with Crippen molar-refractivity contribution in [2.75, 3.05) is 23.3 Å². The minimum absolute atomic E-state index is 0.137. The number of nitrogens with zero attached hydrogens (tertiary/aromatic N) is 2. The van der Waals surface area contributed by atoms with Crippen LogP contribution in [0.25, 0.3) is 0 Å². The number of aromatic nitrogens is 1. The Hall–Kier alpha value is -1.92. The van der Waals surface area contributed by atoms with Gasteiger partial charge in [-0.25, -0.2) is 4.98 Å². The molecule has 3 rings (SSSR count). The highest BCUT2D eigenvalue weighted by Crippen LogP contribution is 2.22. The second-order valence-corrected chi connectivity index (χ2v) is 7.29. The molecule has 0 bridgehead atoms. The Bertz CT molecular complexity index is 754. The molecule has 1 aliphatic heterocycles. The first-order chi connectivity index (χ1) is 11.9. The van der Waals surface area contributed by atoms with Crippen LogP contribution < -0.4 is 10.2 Å². The quantitative estimate of drug-likeness (QED) is 0.840. The average molecular weight is 404 g/mol. The second-order valence-electron chi connectivity index (χ2n) is 6.43. The summed E-state index contributed by atoms with van der Waals surface area (Å²) in [5.74, 6) is 0.764. The minimum atomic E-state index is -0.137. The largest absolute Gasteiger partial charge is 0.372 e. The van der Waals surface area contributed by atoms with Crippen molar-refractivity contribution >= 4 is 33.3 Å². The van der Waals surface area contributed by atoms with Gasteiger partial charge < -0.3 is 15.0 Å². The summed E-state index contributed by atoms with van der Waals surface area (Å²) in [4.78, 5) is 19.2. The van der Waals surface area contributed by atoms with Crippen LogP contribution >= 0.6 is 15.9 Å². The Morgan fingerprint density at radius 3 is 2.60 bits per heavy atom. The van der Waals surface area contributed by atoms with Crippen molar-refractivity contribution in [3.63, 3.8) is 0 Å². The number of benzene rings is 1. The van der Waals surface area contributed by atoms with Gasteiger partial charge in [-0.15, -0.1) is 0 Å². The van der Waals surface area contributed by atoms with Gasteiger partial charge in [-0.3, -0.25) is 4.79 Å². The van der Waals surface area contributed by atoms with Crippen LogP contribution in [0.1, 0.15) is 29.8 Å². The standard InChI is InChI=1S/C19H22BrN3O2/c1-12-10-23(11-13(2)25-12)18-8-7-15(9-21-18)22-19(24)16-5-4-6-17(20)14(16)3/h4-9,12-13H,10-11H2,1-3H3,(H,22,24)/t12-,13+. The number of amides is 1. The van der Waals surface area contributed by atoms with Crippen molar-refractivity contribution in [3.05, 3.63) is 52.1 Å². The van der Waals surface area contributed by atoms with Gasteiger partial charge in [0.05, 0.1) is 24.1 Å². The number of nitrogens with one attached hydrogen (secondary N) is 1. The molecule has 1 aromatic carbocycles. The smallest absolute Gasteiger partial charge is 0.256 e. The third kappa shape index (κ3) is 4.19. The molecule has 1 fully saturated rings. The molecule has 2 atom stereocenters. The maximum Gasteiger partial charge on any atom is 0.256 e. The van der Waals surface area contributed by atoms with Crippen LogP contribution in [0.5, 0.6) is 0 Å². The Kier molecular flexibility index (Phi) is 5.39. The fourth-order valence-corrected chi connectivity index (χ4v) is 3.43. The molecule has 1 saturated heterocycles. The van der Waals surface area contributed by atoms with Crippen molar-refractivity contribution in [1.82, 2.24) is 4.98 Å². The summed E-state index contributed by atoms with van der Waals surface area (Å²) in [7, 11) is 0. The molecule has 0 unspecified atom stereocenters. The Morgan fingerprint density at radius 2 is 1.96 bits per heavy atom. The van der Waals surface area contributed by atoms with Gasteiger partial charge in [-0.2, -0.15) is 0 Å². The Balaban J connectivity index is 1.70. The normalized spacial score (nSPS) is 20.4. The zero-order valence-corrected chi connectivity index (χ0v) is 16.2. The number of hydrogen-bond acceptors (Lipinski definition) is 4. The van der Waals surface area contributed by atoms with Crippen molar-refractivity contribution < 1.29 is 9.53 Å². The SMILES string of the molecule is Cc1c(Br)cccc1C(=O)Nc1ccc(N2C[C@@H](C)O[C@@H](C)C2)nc1. The maximum atomic E-state index is 12.5. The summed E-state index contributed by atoms with van der Waals surface area (Å²) in [6.07, 6.45) is 2.07. The molecule has 6 heteroatoms. The van der Waals surface area contributed by atoms with Crippen LogP contribution in [0.4, 0.5) is 11.5 Å². The molecule has 25 heavy (non-hydrogen) atoms. The van der Waals surface area contributed by atoms with Gasteiger partial charge in [0.2, 0.25) is 0 Å². The van der Waals surface area contributed by atoms with E-state index in [1.165, 1.54) is 0 Å². The van der Waals surface area contributed by atoms with E-state index < -0.39 is 0 Å². The fraction of sp³-hybridized carbons (Fsp3) is 0.368. The van der Waals surface area contributed by atoms with E-state index in [1.54, 1.807) is 6.20 Å². The molecule has 1 N–H and O–H groups in total. The molecule has 1 aromatic heterocycles. The van der Waals surface area contributed by atoms with Gasteiger partial charge in [0, 0.05) is 23.1 Å². The van der Waals surface area contributed by atoms with Gasteiger partial charge in [-0.1, -0.05) is 22.0 Å². The number of carbonyl (C=O) groups excluding carboxylic acids is 1. The Labute approximate surface area is 156 Å². The molecule has 132 valence electrons. The van der Waals surface area contributed by atoms with E-state index in [2.05, 4.69) is 45.0 Å². The summed E-state index contributed by atoms with van der Waals surface area (Å²) in [5.41, 5.74) is 2.25. The highest BCUT2D eigenvalue weighted by Gasteiger charge is 2.23. The lowest BCUT2D eigenvalue weighted by molar-refractivity contribution is -0.00545. The number of ether oxygens (including phenoxy) is 1. The van der Waals surface area contributed by atoms with Gasteiger partial charge in [0.1, 0.15) is 5.82 Å². The molecule has 0 spiro atoms. The lowest BCUT2D eigenvalue weighted by Gasteiger charge is -2.36. The maximum absolute atomic E-state index is 12.5. The first-order valence-corrected chi connectivity index (χ1v) is 9.16. The second kappa shape index (κ2) is 7.54. The van der Waals surface area contributed by atoms with E-state index in [4.69, 9.17) is 4.74 Å². The van der Waals surface area contributed by atoms with Crippen molar-refractivity contribution in [2.45, 2.75) is 33.0 Å². The average Bonchev–Trinajstić information content (AvgIpc) is 2.57. The Morgan fingerprint density at radius 1 is 1.24 bits per heavy atom. The van der Waals surface area contributed by atoms with Crippen LogP contribution in [0.2, 0.25) is 0 Å².